The number of furan rings is 1. The second kappa shape index (κ2) is 6.06. The van der Waals surface area contributed by atoms with Crippen molar-refractivity contribution in [1.82, 2.24) is 0 Å². The molecular formula is C16H15NO4. The van der Waals surface area contributed by atoms with Crippen molar-refractivity contribution in [1.29, 1.82) is 5.26 Å². The van der Waals surface area contributed by atoms with Crippen LogP contribution in [0, 0.1) is 18.3 Å². The average molecular weight is 285 g/mol. The number of rotatable bonds is 4. The van der Waals surface area contributed by atoms with Crippen LogP contribution < -0.4 is 9.47 Å². The Morgan fingerprint density at radius 1 is 1.24 bits per heavy atom. The molecule has 108 valence electrons. The van der Waals surface area contributed by atoms with Gasteiger partial charge in [0.2, 0.25) is 0 Å². The fourth-order valence-corrected chi connectivity index (χ4v) is 1.94. The van der Waals surface area contributed by atoms with E-state index in [2.05, 4.69) is 6.07 Å². The monoisotopic (exact) mass is 285 g/mol. The van der Waals surface area contributed by atoms with E-state index in [1.165, 1.54) is 13.2 Å². The van der Waals surface area contributed by atoms with Crippen LogP contribution in [0.3, 0.4) is 0 Å². The molecule has 0 spiro atoms. The van der Waals surface area contributed by atoms with Gasteiger partial charge in [-0.1, -0.05) is 0 Å². The van der Waals surface area contributed by atoms with Gasteiger partial charge in [-0.2, -0.15) is 5.26 Å². The van der Waals surface area contributed by atoms with Gasteiger partial charge in [0, 0.05) is 6.07 Å². The summed E-state index contributed by atoms with van der Waals surface area (Å²) in [7, 11) is 3.08. The molecule has 1 N–H and O–H groups in total. The summed E-state index contributed by atoms with van der Waals surface area (Å²) in [5.41, 5.74) is 1.82. The van der Waals surface area contributed by atoms with Crippen molar-refractivity contribution in [2.45, 2.75) is 6.92 Å². The van der Waals surface area contributed by atoms with E-state index in [0.717, 1.165) is 5.56 Å². The summed E-state index contributed by atoms with van der Waals surface area (Å²) < 4.78 is 15.5. The highest BCUT2D eigenvalue weighted by molar-refractivity contribution is 5.89. The zero-order valence-corrected chi connectivity index (χ0v) is 12.0. The summed E-state index contributed by atoms with van der Waals surface area (Å²) in [5.74, 6) is 1.39. The molecule has 5 nitrogen and oxygen atoms in total. The van der Waals surface area contributed by atoms with Crippen molar-refractivity contribution in [2.24, 2.45) is 0 Å². The number of aryl methyl sites for hydroxylation is 1. The van der Waals surface area contributed by atoms with Gasteiger partial charge >= 0.3 is 0 Å². The molecule has 0 atom stereocenters. The van der Waals surface area contributed by atoms with Crippen LogP contribution in [0.1, 0.15) is 16.9 Å². The minimum absolute atomic E-state index is 0.177. The maximum Gasteiger partial charge on any atom is 0.282 e. The van der Waals surface area contributed by atoms with Crippen LogP contribution in [-0.2, 0) is 0 Å². The van der Waals surface area contributed by atoms with Gasteiger partial charge in [0.1, 0.15) is 5.76 Å². The molecular weight excluding hydrogens is 270 g/mol. The molecule has 0 amide bonds. The Bertz CT molecular complexity index is 722. The van der Waals surface area contributed by atoms with Crippen molar-refractivity contribution >= 4 is 11.6 Å². The Morgan fingerprint density at radius 3 is 2.48 bits per heavy atom. The van der Waals surface area contributed by atoms with Crippen molar-refractivity contribution in [3.05, 3.63) is 41.2 Å². The molecule has 2 rings (SSSR count). The van der Waals surface area contributed by atoms with Crippen LogP contribution >= 0.6 is 0 Å². The molecule has 0 fully saturated rings. The standard InChI is InChI=1S/C16H15NO4/c1-10-6-16(18)21-14(10)8-12(9-17)11-4-5-13(19-2)15(7-11)20-3/h4-8,18H,1-3H3. The Labute approximate surface area is 122 Å². The number of hydrogen-bond acceptors (Lipinski definition) is 5. The van der Waals surface area contributed by atoms with Crippen LogP contribution in [0.2, 0.25) is 0 Å². The SMILES string of the molecule is COc1ccc(C(C#N)=Cc2oc(O)cc2C)cc1OC. The molecule has 0 bridgehead atoms. The zero-order valence-electron chi connectivity index (χ0n) is 12.0. The van der Waals surface area contributed by atoms with E-state index in [4.69, 9.17) is 13.9 Å². The first-order valence-corrected chi connectivity index (χ1v) is 6.22. The summed E-state index contributed by atoms with van der Waals surface area (Å²) >= 11 is 0. The lowest BCUT2D eigenvalue weighted by Gasteiger charge is -2.08. The molecule has 0 unspecified atom stereocenters. The van der Waals surface area contributed by atoms with Crippen molar-refractivity contribution in [3.63, 3.8) is 0 Å². The maximum absolute atomic E-state index is 9.33. The van der Waals surface area contributed by atoms with Gasteiger partial charge in [0.25, 0.3) is 5.95 Å². The second-order valence-electron chi connectivity index (χ2n) is 4.37. The number of allylic oxidation sites excluding steroid dienone is 1. The summed E-state index contributed by atoms with van der Waals surface area (Å²) in [6, 6.07) is 8.81. The molecule has 5 heteroatoms. The van der Waals surface area contributed by atoms with E-state index >= 15 is 0 Å². The quantitative estimate of drug-likeness (QED) is 0.871. The third-order valence-electron chi connectivity index (χ3n) is 3.03. The van der Waals surface area contributed by atoms with Crippen LogP contribution in [0.5, 0.6) is 17.4 Å². The predicted molar refractivity (Wildman–Crippen MR) is 78.1 cm³/mol. The van der Waals surface area contributed by atoms with Crippen molar-refractivity contribution in [2.75, 3.05) is 14.2 Å². The van der Waals surface area contributed by atoms with Gasteiger partial charge in [-0.15, -0.1) is 0 Å². The molecule has 0 radical (unpaired) electrons. The largest absolute Gasteiger partial charge is 0.493 e. The van der Waals surface area contributed by atoms with Crippen LogP contribution in [0.25, 0.3) is 11.6 Å². The fourth-order valence-electron chi connectivity index (χ4n) is 1.94. The first-order valence-electron chi connectivity index (χ1n) is 6.22. The zero-order chi connectivity index (χ0) is 15.4. The number of nitrogens with zero attached hydrogens (tertiary/aromatic N) is 1. The van der Waals surface area contributed by atoms with E-state index < -0.39 is 0 Å². The van der Waals surface area contributed by atoms with Crippen LogP contribution in [0.15, 0.2) is 28.7 Å². The Hall–Kier alpha value is -2.87. The van der Waals surface area contributed by atoms with E-state index in [9.17, 15) is 10.4 Å². The molecule has 0 aliphatic rings. The highest BCUT2D eigenvalue weighted by Gasteiger charge is 2.10. The highest BCUT2D eigenvalue weighted by Crippen LogP contribution is 2.31. The minimum Gasteiger partial charge on any atom is -0.493 e. The van der Waals surface area contributed by atoms with Gasteiger partial charge in [-0.05, 0) is 42.3 Å². The van der Waals surface area contributed by atoms with E-state index in [0.29, 0.717) is 28.4 Å². The number of benzene rings is 1. The minimum atomic E-state index is -0.177. The molecule has 1 heterocycles. The van der Waals surface area contributed by atoms with Gasteiger partial charge in [0.15, 0.2) is 11.5 Å². The van der Waals surface area contributed by atoms with E-state index in [-0.39, 0.29) is 5.95 Å². The third-order valence-corrected chi connectivity index (χ3v) is 3.03. The lowest BCUT2D eigenvalue weighted by molar-refractivity contribution is 0.330. The Balaban J connectivity index is 2.47. The number of hydrogen-bond donors (Lipinski definition) is 1. The van der Waals surface area contributed by atoms with Crippen molar-refractivity contribution in [3.8, 4) is 23.5 Å². The van der Waals surface area contributed by atoms with Crippen LogP contribution in [-0.4, -0.2) is 19.3 Å². The summed E-state index contributed by atoms with van der Waals surface area (Å²) in [6.45, 7) is 1.79. The topological polar surface area (TPSA) is 75.6 Å². The molecule has 0 saturated carbocycles. The van der Waals surface area contributed by atoms with E-state index in [1.54, 1.807) is 38.3 Å². The predicted octanol–water partition coefficient (Wildman–Crippen LogP) is 3.38. The fraction of sp³-hybridized carbons (Fsp3) is 0.188. The molecule has 0 saturated heterocycles. The van der Waals surface area contributed by atoms with Gasteiger partial charge in [0.05, 0.1) is 25.9 Å². The summed E-state index contributed by atoms with van der Waals surface area (Å²) in [4.78, 5) is 0. The number of methoxy groups -OCH3 is 2. The third kappa shape index (κ3) is 3.00. The lowest BCUT2D eigenvalue weighted by Crippen LogP contribution is -1.92. The summed E-state index contributed by atoms with van der Waals surface area (Å²) in [6.07, 6.45) is 1.58. The average Bonchev–Trinajstić information content (AvgIpc) is 2.81. The number of aromatic hydroxyl groups is 1. The van der Waals surface area contributed by atoms with E-state index in [1.807, 2.05) is 0 Å². The Kier molecular flexibility index (Phi) is 4.19. The van der Waals surface area contributed by atoms with Gasteiger partial charge < -0.3 is 19.0 Å². The molecule has 1 aromatic heterocycles. The lowest BCUT2D eigenvalue weighted by atomic mass is 10.0. The molecule has 0 aliphatic carbocycles. The molecule has 21 heavy (non-hydrogen) atoms. The normalized spacial score (nSPS) is 11.0. The van der Waals surface area contributed by atoms with Crippen molar-refractivity contribution < 1.29 is 19.0 Å². The van der Waals surface area contributed by atoms with Gasteiger partial charge in [-0.3, -0.25) is 0 Å². The maximum atomic E-state index is 9.33. The first kappa shape index (κ1) is 14.5. The van der Waals surface area contributed by atoms with Gasteiger partial charge in [-0.25, -0.2) is 0 Å². The second-order valence-corrected chi connectivity index (χ2v) is 4.37. The molecule has 0 aliphatic heterocycles. The number of nitriles is 1. The highest BCUT2D eigenvalue weighted by atomic mass is 16.5. The summed E-state index contributed by atoms with van der Waals surface area (Å²) in [5, 5.41) is 18.7. The smallest absolute Gasteiger partial charge is 0.282 e. The molecule has 2 aromatic rings. The Morgan fingerprint density at radius 2 is 1.95 bits per heavy atom. The van der Waals surface area contributed by atoms with Crippen LogP contribution in [0.4, 0.5) is 0 Å². The first-order chi connectivity index (χ1) is 10.1. The number of ether oxygens (including phenoxy) is 2. The molecule has 1 aromatic carbocycles.